The minimum atomic E-state index is -1.23. The van der Waals surface area contributed by atoms with Gasteiger partial charge in [0, 0.05) is 17.2 Å². The zero-order chi connectivity index (χ0) is 21.7. The molecule has 1 aliphatic carbocycles. The summed E-state index contributed by atoms with van der Waals surface area (Å²) in [5, 5.41) is 5.50. The minimum Gasteiger partial charge on any atom is -0.446 e. The van der Waals surface area contributed by atoms with E-state index in [4.69, 9.17) is 4.74 Å². The molecular weight excluding hydrogens is 387 g/mol. The summed E-state index contributed by atoms with van der Waals surface area (Å²) in [6.45, 7) is 3.54. The van der Waals surface area contributed by atoms with E-state index in [1.807, 2.05) is 0 Å². The highest BCUT2D eigenvalue weighted by molar-refractivity contribution is 5.97. The van der Waals surface area contributed by atoms with Crippen molar-refractivity contribution in [2.75, 3.05) is 0 Å². The molecule has 158 valence electrons. The van der Waals surface area contributed by atoms with Crippen LogP contribution in [0.15, 0.2) is 54.6 Å². The van der Waals surface area contributed by atoms with Gasteiger partial charge in [-0.2, -0.15) is 0 Å². The standard InChI is InChI=1S/C23H25FN2O4/c1-14(2)19(26-21(27)16-6-4-3-5-7-16)23(29)30-20(22(28)25-18-12-13-18)15-8-10-17(24)11-9-15/h3-11,14,18-20H,12-13H2,1-2H3,(H,25,28)(H,26,27)/t19-,20?/m0/s1. The predicted octanol–water partition coefficient (Wildman–Crippen LogP) is 3.14. The van der Waals surface area contributed by atoms with E-state index in [2.05, 4.69) is 10.6 Å². The fraction of sp³-hybridized carbons (Fsp3) is 0.348. The summed E-state index contributed by atoms with van der Waals surface area (Å²) < 4.78 is 18.9. The Morgan fingerprint density at radius 2 is 1.63 bits per heavy atom. The second-order valence-electron chi connectivity index (χ2n) is 7.71. The maximum atomic E-state index is 13.3. The lowest BCUT2D eigenvalue weighted by molar-refractivity contribution is -0.159. The summed E-state index contributed by atoms with van der Waals surface area (Å²) in [4.78, 5) is 38.1. The largest absolute Gasteiger partial charge is 0.446 e. The number of esters is 1. The summed E-state index contributed by atoms with van der Waals surface area (Å²) in [5.74, 6) is -2.33. The van der Waals surface area contributed by atoms with Gasteiger partial charge in [-0.05, 0) is 43.0 Å². The van der Waals surface area contributed by atoms with Crippen molar-refractivity contribution in [2.45, 2.75) is 44.9 Å². The van der Waals surface area contributed by atoms with E-state index in [0.29, 0.717) is 11.1 Å². The number of carbonyl (C=O) groups is 3. The maximum Gasteiger partial charge on any atom is 0.330 e. The third-order valence-corrected chi connectivity index (χ3v) is 4.81. The van der Waals surface area contributed by atoms with E-state index in [1.165, 1.54) is 24.3 Å². The van der Waals surface area contributed by atoms with E-state index in [0.717, 1.165) is 12.8 Å². The molecule has 0 aromatic heterocycles. The molecule has 6 nitrogen and oxygen atoms in total. The monoisotopic (exact) mass is 412 g/mol. The van der Waals surface area contributed by atoms with Crippen LogP contribution in [0.4, 0.5) is 4.39 Å². The van der Waals surface area contributed by atoms with Crippen LogP contribution in [-0.4, -0.2) is 29.9 Å². The third-order valence-electron chi connectivity index (χ3n) is 4.81. The van der Waals surface area contributed by atoms with Gasteiger partial charge in [0.05, 0.1) is 0 Å². The first-order valence-electron chi connectivity index (χ1n) is 9.97. The SMILES string of the molecule is CC(C)[C@H](NC(=O)c1ccccc1)C(=O)OC(C(=O)NC1CC1)c1ccc(F)cc1. The first kappa shape index (κ1) is 21.5. The number of amides is 2. The molecule has 2 atom stereocenters. The Hall–Kier alpha value is -3.22. The summed E-state index contributed by atoms with van der Waals surface area (Å²) in [7, 11) is 0. The van der Waals surface area contributed by atoms with Gasteiger partial charge in [0.25, 0.3) is 11.8 Å². The molecule has 0 bridgehead atoms. The molecule has 3 rings (SSSR count). The van der Waals surface area contributed by atoms with Crippen molar-refractivity contribution in [1.29, 1.82) is 0 Å². The van der Waals surface area contributed by atoms with Crippen LogP contribution in [0.25, 0.3) is 0 Å². The highest BCUT2D eigenvalue weighted by Crippen LogP contribution is 2.24. The quantitative estimate of drug-likeness (QED) is 0.653. The fourth-order valence-electron chi connectivity index (χ4n) is 2.92. The Labute approximate surface area is 174 Å². The van der Waals surface area contributed by atoms with Crippen LogP contribution in [0, 0.1) is 11.7 Å². The Kier molecular flexibility index (Phi) is 6.82. The minimum absolute atomic E-state index is 0.0674. The molecule has 7 heteroatoms. The summed E-state index contributed by atoms with van der Waals surface area (Å²) in [5.41, 5.74) is 0.775. The maximum absolute atomic E-state index is 13.3. The van der Waals surface area contributed by atoms with Crippen LogP contribution >= 0.6 is 0 Å². The smallest absolute Gasteiger partial charge is 0.330 e. The molecule has 0 radical (unpaired) electrons. The van der Waals surface area contributed by atoms with Crippen molar-refractivity contribution >= 4 is 17.8 Å². The number of benzene rings is 2. The van der Waals surface area contributed by atoms with Crippen LogP contribution in [-0.2, 0) is 14.3 Å². The van der Waals surface area contributed by atoms with Gasteiger partial charge in [0.15, 0.2) is 0 Å². The Morgan fingerprint density at radius 3 is 2.20 bits per heavy atom. The van der Waals surface area contributed by atoms with Crippen LogP contribution < -0.4 is 10.6 Å². The van der Waals surface area contributed by atoms with E-state index in [9.17, 15) is 18.8 Å². The Balaban J connectivity index is 1.76. The molecule has 0 spiro atoms. The topological polar surface area (TPSA) is 84.5 Å². The molecule has 2 N–H and O–H groups in total. The van der Waals surface area contributed by atoms with Crippen LogP contribution in [0.2, 0.25) is 0 Å². The van der Waals surface area contributed by atoms with Crippen LogP contribution in [0.5, 0.6) is 0 Å². The highest BCUT2D eigenvalue weighted by Gasteiger charge is 2.34. The van der Waals surface area contributed by atoms with Gasteiger partial charge in [0.2, 0.25) is 6.10 Å². The Morgan fingerprint density at radius 1 is 1.00 bits per heavy atom. The zero-order valence-corrected chi connectivity index (χ0v) is 16.9. The average molecular weight is 412 g/mol. The lowest BCUT2D eigenvalue weighted by Crippen LogP contribution is -2.46. The van der Waals surface area contributed by atoms with Gasteiger partial charge in [-0.15, -0.1) is 0 Å². The van der Waals surface area contributed by atoms with Crippen molar-refractivity contribution in [3.63, 3.8) is 0 Å². The molecule has 2 aromatic carbocycles. The van der Waals surface area contributed by atoms with Gasteiger partial charge in [-0.3, -0.25) is 9.59 Å². The van der Waals surface area contributed by atoms with Gasteiger partial charge >= 0.3 is 5.97 Å². The van der Waals surface area contributed by atoms with Crippen molar-refractivity contribution in [3.8, 4) is 0 Å². The van der Waals surface area contributed by atoms with E-state index < -0.39 is 35.7 Å². The number of hydrogen-bond donors (Lipinski definition) is 2. The van der Waals surface area contributed by atoms with Crippen molar-refractivity contribution < 1.29 is 23.5 Å². The Bertz CT molecular complexity index is 895. The normalized spacial score (nSPS) is 15.2. The molecule has 2 aromatic rings. The van der Waals surface area contributed by atoms with E-state index in [1.54, 1.807) is 44.2 Å². The average Bonchev–Trinajstić information content (AvgIpc) is 3.55. The molecule has 1 aliphatic rings. The number of hydrogen-bond acceptors (Lipinski definition) is 4. The van der Waals surface area contributed by atoms with E-state index >= 15 is 0 Å². The molecule has 1 saturated carbocycles. The predicted molar refractivity (Wildman–Crippen MR) is 109 cm³/mol. The zero-order valence-electron chi connectivity index (χ0n) is 16.9. The third kappa shape index (κ3) is 5.65. The number of carbonyl (C=O) groups excluding carboxylic acids is 3. The number of ether oxygens (including phenoxy) is 1. The van der Waals surface area contributed by atoms with Gasteiger partial charge in [-0.1, -0.05) is 44.2 Å². The van der Waals surface area contributed by atoms with Crippen molar-refractivity contribution in [2.24, 2.45) is 5.92 Å². The number of nitrogens with one attached hydrogen (secondary N) is 2. The molecule has 0 saturated heterocycles. The van der Waals surface area contributed by atoms with Crippen LogP contribution in [0.1, 0.15) is 48.7 Å². The van der Waals surface area contributed by atoms with Gasteiger partial charge < -0.3 is 15.4 Å². The lowest BCUT2D eigenvalue weighted by atomic mass is 10.0. The van der Waals surface area contributed by atoms with E-state index in [-0.39, 0.29) is 12.0 Å². The van der Waals surface area contributed by atoms with Crippen molar-refractivity contribution in [1.82, 2.24) is 10.6 Å². The summed E-state index contributed by atoms with van der Waals surface area (Å²) >= 11 is 0. The molecule has 30 heavy (non-hydrogen) atoms. The first-order valence-corrected chi connectivity index (χ1v) is 9.97. The second kappa shape index (κ2) is 9.52. The first-order chi connectivity index (χ1) is 14.3. The fourth-order valence-corrected chi connectivity index (χ4v) is 2.92. The molecule has 2 amide bonds. The van der Waals surface area contributed by atoms with Gasteiger partial charge in [-0.25, -0.2) is 9.18 Å². The highest BCUT2D eigenvalue weighted by atomic mass is 19.1. The molecule has 0 aliphatic heterocycles. The number of halogens is 1. The summed E-state index contributed by atoms with van der Waals surface area (Å²) in [6.07, 6.45) is 0.517. The van der Waals surface area contributed by atoms with Crippen LogP contribution in [0.3, 0.4) is 0 Å². The van der Waals surface area contributed by atoms with Crippen molar-refractivity contribution in [3.05, 3.63) is 71.5 Å². The molecule has 1 fully saturated rings. The number of rotatable bonds is 8. The molecule has 0 heterocycles. The molecular formula is C23H25FN2O4. The molecule has 1 unspecified atom stereocenters. The van der Waals surface area contributed by atoms with Gasteiger partial charge in [0.1, 0.15) is 11.9 Å². The second-order valence-corrected chi connectivity index (χ2v) is 7.71. The summed E-state index contributed by atoms with van der Waals surface area (Å²) in [6, 6.07) is 12.9. The lowest BCUT2D eigenvalue weighted by Gasteiger charge is -2.24.